The molecule has 0 saturated carbocycles. The van der Waals surface area contributed by atoms with Gasteiger partial charge in [0.1, 0.15) is 0 Å². The standard InChI is InChI=1S/C20H18ClN3O3S/c21-15-5-8-18-17(13-15)19(9-10-22-18)23-20(25)14-3-6-16(7-4-14)28(26,27)24-11-1-2-12-24/h3-10,13H,1-2,11-12H2,(H,22,23,25). The predicted molar refractivity (Wildman–Crippen MR) is 109 cm³/mol. The van der Waals surface area contributed by atoms with Crippen molar-refractivity contribution >= 4 is 44.1 Å². The van der Waals surface area contributed by atoms with Crippen molar-refractivity contribution in [3.8, 4) is 0 Å². The van der Waals surface area contributed by atoms with E-state index in [0.29, 0.717) is 34.9 Å². The van der Waals surface area contributed by atoms with Gasteiger partial charge in [-0.25, -0.2) is 8.42 Å². The summed E-state index contributed by atoms with van der Waals surface area (Å²) in [6.45, 7) is 1.09. The second kappa shape index (κ2) is 7.50. The van der Waals surface area contributed by atoms with Crippen LogP contribution >= 0.6 is 11.6 Å². The highest BCUT2D eigenvalue weighted by Crippen LogP contribution is 2.26. The summed E-state index contributed by atoms with van der Waals surface area (Å²) in [4.78, 5) is 17.1. The number of rotatable bonds is 4. The van der Waals surface area contributed by atoms with Crippen molar-refractivity contribution in [1.82, 2.24) is 9.29 Å². The van der Waals surface area contributed by atoms with Crippen LogP contribution < -0.4 is 5.32 Å². The van der Waals surface area contributed by atoms with E-state index in [4.69, 9.17) is 11.6 Å². The molecular formula is C20H18ClN3O3S. The number of pyridine rings is 1. The average Bonchev–Trinajstić information content (AvgIpc) is 3.24. The first-order valence-electron chi connectivity index (χ1n) is 8.91. The summed E-state index contributed by atoms with van der Waals surface area (Å²) in [6, 6.07) is 13.0. The molecule has 1 fully saturated rings. The van der Waals surface area contributed by atoms with Crippen molar-refractivity contribution in [2.75, 3.05) is 18.4 Å². The molecule has 6 nitrogen and oxygen atoms in total. The van der Waals surface area contributed by atoms with E-state index < -0.39 is 10.0 Å². The smallest absolute Gasteiger partial charge is 0.255 e. The van der Waals surface area contributed by atoms with Crippen LogP contribution in [0, 0.1) is 0 Å². The normalized spacial score (nSPS) is 15.0. The van der Waals surface area contributed by atoms with Gasteiger partial charge in [-0.2, -0.15) is 4.31 Å². The summed E-state index contributed by atoms with van der Waals surface area (Å²) in [5.41, 5.74) is 1.67. The zero-order chi connectivity index (χ0) is 19.7. The van der Waals surface area contributed by atoms with Gasteiger partial charge >= 0.3 is 0 Å². The lowest BCUT2D eigenvalue weighted by atomic mass is 10.1. The molecule has 1 aliphatic heterocycles. The molecule has 4 rings (SSSR count). The Labute approximate surface area is 168 Å². The Balaban J connectivity index is 1.57. The summed E-state index contributed by atoms with van der Waals surface area (Å²) in [6.07, 6.45) is 3.37. The van der Waals surface area contributed by atoms with Gasteiger partial charge in [0.05, 0.1) is 16.1 Å². The Hall–Kier alpha value is -2.48. The molecule has 0 bridgehead atoms. The summed E-state index contributed by atoms with van der Waals surface area (Å²) in [7, 11) is -3.49. The maximum absolute atomic E-state index is 12.6. The van der Waals surface area contributed by atoms with Crippen LogP contribution in [-0.4, -0.2) is 36.7 Å². The van der Waals surface area contributed by atoms with Crippen LogP contribution in [0.5, 0.6) is 0 Å². The Morgan fingerprint density at radius 2 is 1.75 bits per heavy atom. The zero-order valence-corrected chi connectivity index (χ0v) is 16.5. The number of nitrogens with zero attached hydrogens (tertiary/aromatic N) is 2. The maximum atomic E-state index is 12.6. The molecule has 0 radical (unpaired) electrons. The Morgan fingerprint density at radius 3 is 2.46 bits per heavy atom. The van der Waals surface area contributed by atoms with E-state index in [1.807, 2.05) is 0 Å². The number of anilines is 1. The molecule has 1 N–H and O–H groups in total. The van der Waals surface area contributed by atoms with Crippen LogP contribution in [0.4, 0.5) is 5.69 Å². The quantitative estimate of drug-likeness (QED) is 0.700. The second-order valence-corrected chi connectivity index (χ2v) is 8.98. The Bertz CT molecular complexity index is 1140. The van der Waals surface area contributed by atoms with E-state index in [0.717, 1.165) is 18.2 Å². The molecule has 1 amide bonds. The molecule has 0 unspecified atom stereocenters. The van der Waals surface area contributed by atoms with Crippen LogP contribution in [0.2, 0.25) is 5.02 Å². The van der Waals surface area contributed by atoms with Gasteiger partial charge < -0.3 is 5.32 Å². The molecule has 2 heterocycles. The van der Waals surface area contributed by atoms with Crippen molar-refractivity contribution in [1.29, 1.82) is 0 Å². The first-order chi connectivity index (χ1) is 13.4. The molecule has 0 aliphatic carbocycles. The molecule has 28 heavy (non-hydrogen) atoms. The molecular weight excluding hydrogens is 398 g/mol. The van der Waals surface area contributed by atoms with Crippen LogP contribution in [0.25, 0.3) is 10.9 Å². The van der Waals surface area contributed by atoms with Gasteiger partial charge in [-0.15, -0.1) is 0 Å². The summed E-state index contributed by atoms with van der Waals surface area (Å²) in [5, 5.41) is 4.13. The van der Waals surface area contributed by atoms with Crippen LogP contribution in [0.3, 0.4) is 0 Å². The molecule has 0 atom stereocenters. The number of hydrogen-bond donors (Lipinski definition) is 1. The topological polar surface area (TPSA) is 79.4 Å². The molecule has 1 saturated heterocycles. The van der Waals surface area contributed by atoms with Gasteiger partial charge in [-0.1, -0.05) is 11.6 Å². The number of halogens is 1. The SMILES string of the molecule is O=C(Nc1ccnc2ccc(Cl)cc12)c1ccc(S(=O)(=O)N2CCCC2)cc1. The van der Waals surface area contributed by atoms with Crippen molar-refractivity contribution in [3.05, 3.63) is 65.3 Å². The van der Waals surface area contributed by atoms with E-state index in [9.17, 15) is 13.2 Å². The Morgan fingerprint density at radius 1 is 1.04 bits per heavy atom. The Kier molecular flexibility index (Phi) is 5.05. The number of sulfonamides is 1. The van der Waals surface area contributed by atoms with E-state index in [-0.39, 0.29) is 10.8 Å². The summed E-state index contributed by atoms with van der Waals surface area (Å²) in [5.74, 6) is -0.336. The molecule has 1 aromatic heterocycles. The number of fused-ring (bicyclic) bond motifs is 1. The average molecular weight is 416 g/mol. The minimum absolute atomic E-state index is 0.201. The fourth-order valence-corrected chi connectivity index (χ4v) is 4.97. The van der Waals surface area contributed by atoms with Crippen molar-refractivity contribution in [2.24, 2.45) is 0 Å². The number of carbonyl (C=O) groups excluding carboxylic acids is 1. The van der Waals surface area contributed by atoms with E-state index in [1.165, 1.54) is 28.6 Å². The highest BCUT2D eigenvalue weighted by atomic mass is 35.5. The van der Waals surface area contributed by atoms with E-state index in [2.05, 4.69) is 10.3 Å². The van der Waals surface area contributed by atoms with Crippen molar-refractivity contribution < 1.29 is 13.2 Å². The summed E-state index contributed by atoms with van der Waals surface area (Å²) >= 11 is 6.06. The predicted octanol–water partition coefficient (Wildman–Crippen LogP) is 3.93. The summed E-state index contributed by atoms with van der Waals surface area (Å²) < 4.78 is 26.7. The maximum Gasteiger partial charge on any atom is 0.255 e. The number of amides is 1. The van der Waals surface area contributed by atoms with Gasteiger partial charge in [-0.3, -0.25) is 9.78 Å². The fourth-order valence-electron chi connectivity index (χ4n) is 3.28. The third kappa shape index (κ3) is 3.61. The van der Waals surface area contributed by atoms with E-state index in [1.54, 1.807) is 30.5 Å². The molecule has 144 valence electrons. The van der Waals surface area contributed by atoms with Gasteiger partial charge in [0.25, 0.3) is 5.91 Å². The van der Waals surface area contributed by atoms with Gasteiger partial charge in [0, 0.05) is 35.3 Å². The third-order valence-corrected chi connectivity index (χ3v) is 6.92. The van der Waals surface area contributed by atoms with Crippen LogP contribution in [0.15, 0.2) is 59.6 Å². The van der Waals surface area contributed by atoms with Crippen molar-refractivity contribution in [3.63, 3.8) is 0 Å². The minimum Gasteiger partial charge on any atom is -0.321 e. The minimum atomic E-state index is -3.49. The van der Waals surface area contributed by atoms with Gasteiger partial charge in [-0.05, 0) is 61.4 Å². The number of carbonyl (C=O) groups is 1. The largest absolute Gasteiger partial charge is 0.321 e. The number of hydrogen-bond acceptors (Lipinski definition) is 4. The lowest BCUT2D eigenvalue weighted by Crippen LogP contribution is -2.27. The van der Waals surface area contributed by atoms with Gasteiger partial charge in [0.15, 0.2) is 0 Å². The van der Waals surface area contributed by atoms with Crippen molar-refractivity contribution in [2.45, 2.75) is 17.7 Å². The number of nitrogens with one attached hydrogen (secondary N) is 1. The zero-order valence-electron chi connectivity index (χ0n) is 14.9. The molecule has 0 spiro atoms. The second-order valence-electron chi connectivity index (χ2n) is 6.61. The third-order valence-electron chi connectivity index (χ3n) is 4.77. The number of aromatic nitrogens is 1. The molecule has 1 aliphatic rings. The number of benzene rings is 2. The van der Waals surface area contributed by atoms with Crippen LogP contribution in [0.1, 0.15) is 23.2 Å². The highest BCUT2D eigenvalue weighted by Gasteiger charge is 2.27. The molecule has 8 heteroatoms. The highest BCUT2D eigenvalue weighted by molar-refractivity contribution is 7.89. The van der Waals surface area contributed by atoms with Crippen LogP contribution in [-0.2, 0) is 10.0 Å². The van der Waals surface area contributed by atoms with E-state index >= 15 is 0 Å². The lowest BCUT2D eigenvalue weighted by molar-refractivity contribution is 0.102. The fraction of sp³-hybridized carbons (Fsp3) is 0.200. The van der Waals surface area contributed by atoms with Gasteiger partial charge in [0.2, 0.25) is 10.0 Å². The first-order valence-corrected chi connectivity index (χ1v) is 10.7. The first kappa shape index (κ1) is 18.9. The lowest BCUT2D eigenvalue weighted by Gasteiger charge is -2.15. The molecule has 3 aromatic rings. The molecule has 2 aromatic carbocycles. The monoisotopic (exact) mass is 415 g/mol.